The van der Waals surface area contributed by atoms with E-state index in [0.29, 0.717) is 4.90 Å². The molecule has 3 rings (SSSR count). The van der Waals surface area contributed by atoms with Gasteiger partial charge in [0.25, 0.3) is 0 Å². The van der Waals surface area contributed by atoms with Crippen LogP contribution in [-0.4, -0.2) is 0 Å². The lowest BCUT2D eigenvalue weighted by Crippen LogP contribution is -1.92. The Bertz CT molecular complexity index is 567. The molecule has 2 aromatic carbocycles. The van der Waals surface area contributed by atoms with Gasteiger partial charge in [-0.2, -0.15) is 0 Å². The lowest BCUT2D eigenvalue weighted by molar-refractivity contribution is 0.593. The van der Waals surface area contributed by atoms with Gasteiger partial charge in [-0.25, -0.2) is 8.78 Å². The summed E-state index contributed by atoms with van der Waals surface area (Å²) in [5, 5.41) is 0. The molecule has 0 amide bonds. The summed E-state index contributed by atoms with van der Waals surface area (Å²) in [5.41, 5.74) is 0. The maximum absolute atomic E-state index is 13.5. The lowest BCUT2D eigenvalue weighted by atomic mass is 10.3. The Kier molecular flexibility index (Phi) is 2.41. The second kappa shape index (κ2) is 3.79. The van der Waals surface area contributed by atoms with Crippen LogP contribution in [0.3, 0.4) is 0 Å². The molecule has 0 saturated heterocycles. The molecule has 0 aliphatic carbocycles. The summed E-state index contributed by atoms with van der Waals surface area (Å²) in [6.07, 6.45) is 0. The van der Waals surface area contributed by atoms with Crippen molar-refractivity contribution in [3.63, 3.8) is 0 Å². The Morgan fingerprint density at radius 2 is 1.69 bits per heavy atom. The highest BCUT2D eigenvalue weighted by Gasteiger charge is 2.19. The molecule has 0 fully saturated rings. The molecule has 0 nitrogen and oxygen atoms in total. The summed E-state index contributed by atoms with van der Waals surface area (Å²) in [6, 6.07) is 9.55. The van der Waals surface area contributed by atoms with Crippen LogP contribution in [0, 0.1) is 11.6 Å². The molecule has 0 spiro atoms. The standard InChI is InChI=1S/C12H6F2S2/c13-7-4-5-9-11(6-7)15-10-3-1-2-8(14)12(10)16-9/h1-6H. The molecular weight excluding hydrogens is 246 g/mol. The van der Waals surface area contributed by atoms with Crippen molar-refractivity contribution in [1.82, 2.24) is 0 Å². The van der Waals surface area contributed by atoms with Gasteiger partial charge in [0.1, 0.15) is 11.6 Å². The Morgan fingerprint density at radius 3 is 2.56 bits per heavy atom. The van der Waals surface area contributed by atoms with E-state index in [-0.39, 0.29) is 11.6 Å². The Balaban J connectivity index is 2.13. The van der Waals surface area contributed by atoms with Crippen LogP contribution in [0.4, 0.5) is 8.78 Å². The summed E-state index contributed by atoms with van der Waals surface area (Å²) >= 11 is 2.77. The highest BCUT2D eigenvalue weighted by atomic mass is 32.2. The third-order valence-corrected chi connectivity index (χ3v) is 4.84. The van der Waals surface area contributed by atoms with Crippen molar-refractivity contribution in [2.45, 2.75) is 19.6 Å². The van der Waals surface area contributed by atoms with Gasteiger partial charge in [0.2, 0.25) is 0 Å². The van der Waals surface area contributed by atoms with E-state index in [1.54, 1.807) is 12.1 Å². The minimum Gasteiger partial charge on any atom is -0.207 e. The van der Waals surface area contributed by atoms with Gasteiger partial charge in [-0.3, -0.25) is 0 Å². The molecule has 0 saturated carbocycles. The number of hydrogen-bond donors (Lipinski definition) is 0. The normalized spacial score (nSPS) is 13.1. The smallest absolute Gasteiger partial charge is 0.138 e. The Morgan fingerprint density at radius 1 is 0.812 bits per heavy atom. The highest BCUT2D eigenvalue weighted by Crippen LogP contribution is 2.49. The van der Waals surface area contributed by atoms with E-state index in [9.17, 15) is 8.78 Å². The molecule has 0 radical (unpaired) electrons. The van der Waals surface area contributed by atoms with Crippen molar-refractivity contribution in [2.75, 3.05) is 0 Å². The number of hydrogen-bond acceptors (Lipinski definition) is 2. The average molecular weight is 252 g/mol. The third-order valence-electron chi connectivity index (χ3n) is 2.27. The number of fused-ring (bicyclic) bond motifs is 2. The third kappa shape index (κ3) is 1.62. The van der Waals surface area contributed by atoms with E-state index >= 15 is 0 Å². The fraction of sp³-hybridized carbons (Fsp3) is 0. The summed E-state index contributed by atoms with van der Waals surface area (Å²) in [6.45, 7) is 0. The van der Waals surface area contributed by atoms with E-state index in [2.05, 4.69) is 0 Å². The minimum atomic E-state index is -0.258. The fourth-order valence-corrected chi connectivity index (χ4v) is 3.81. The van der Waals surface area contributed by atoms with Crippen LogP contribution in [-0.2, 0) is 0 Å². The molecule has 4 heteroatoms. The van der Waals surface area contributed by atoms with E-state index in [1.807, 2.05) is 6.07 Å². The predicted octanol–water partition coefficient (Wildman–Crippen LogP) is 4.58. The second-order valence-electron chi connectivity index (χ2n) is 3.36. The molecule has 0 aromatic heterocycles. The molecule has 16 heavy (non-hydrogen) atoms. The quantitative estimate of drug-likeness (QED) is 0.574. The number of halogens is 2. The van der Waals surface area contributed by atoms with Gasteiger partial charge < -0.3 is 0 Å². The fourth-order valence-electron chi connectivity index (χ4n) is 1.54. The molecular formula is C12H6F2S2. The van der Waals surface area contributed by atoms with Crippen LogP contribution in [0.5, 0.6) is 0 Å². The second-order valence-corrected chi connectivity index (χ2v) is 5.50. The van der Waals surface area contributed by atoms with E-state index in [4.69, 9.17) is 0 Å². The lowest BCUT2D eigenvalue weighted by Gasteiger charge is -2.18. The van der Waals surface area contributed by atoms with Gasteiger partial charge >= 0.3 is 0 Å². The zero-order valence-electron chi connectivity index (χ0n) is 8.04. The van der Waals surface area contributed by atoms with Gasteiger partial charge in [-0.05, 0) is 30.3 Å². The van der Waals surface area contributed by atoms with E-state index in [0.717, 1.165) is 14.7 Å². The zero-order valence-corrected chi connectivity index (χ0v) is 9.67. The molecule has 2 aromatic rings. The van der Waals surface area contributed by atoms with Gasteiger partial charge in [0.15, 0.2) is 0 Å². The molecule has 1 aliphatic rings. The van der Waals surface area contributed by atoms with Gasteiger partial charge in [0, 0.05) is 14.7 Å². The van der Waals surface area contributed by atoms with Crippen molar-refractivity contribution in [3.05, 3.63) is 48.0 Å². The van der Waals surface area contributed by atoms with Crippen molar-refractivity contribution < 1.29 is 8.78 Å². The molecule has 80 valence electrons. The Labute approximate surface area is 100 Å². The number of benzene rings is 2. The average Bonchev–Trinajstić information content (AvgIpc) is 2.27. The van der Waals surface area contributed by atoms with Crippen molar-refractivity contribution in [3.8, 4) is 0 Å². The SMILES string of the molecule is Fc1ccc2c(c1)Sc1cccc(F)c1S2. The van der Waals surface area contributed by atoms with Crippen LogP contribution in [0.2, 0.25) is 0 Å². The van der Waals surface area contributed by atoms with Crippen LogP contribution < -0.4 is 0 Å². The summed E-state index contributed by atoms with van der Waals surface area (Å²) in [4.78, 5) is 3.24. The first-order chi connectivity index (χ1) is 7.74. The maximum atomic E-state index is 13.5. The van der Waals surface area contributed by atoms with Crippen LogP contribution in [0.15, 0.2) is 56.0 Å². The molecule has 0 N–H and O–H groups in total. The maximum Gasteiger partial charge on any atom is 0.138 e. The van der Waals surface area contributed by atoms with Crippen LogP contribution in [0.25, 0.3) is 0 Å². The van der Waals surface area contributed by atoms with Crippen molar-refractivity contribution >= 4 is 23.5 Å². The largest absolute Gasteiger partial charge is 0.207 e. The molecule has 1 heterocycles. The first-order valence-corrected chi connectivity index (χ1v) is 6.31. The van der Waals surface area contributed by atoms with Gasteiger partial charge in [-0.1, -0.05) is 29.6 Å². The zero-order chi connectivity index (χ0) is 11.1. The monoisotopic (exact) mass is 252 g/mol. The van der Waals surface area contributed by atoms with Crippen LogP contribution >= 0.6 is 23.5 Å². The van der Waals surface area contributed by atoms with Gasteiger partial charge in [0.05, 0.1) is 4.90 Å². The van der Waals surface area contributed by atoms with E-state index < -0.39 is 0 Å². The van der Waals surface area contributed by atoms with Crippen molar-refractivity contribution in [1.29, 1.82) is 0 Å². The predicted molar refractivity (Wildman–Crippen MR) is 61.0 cm³/mol. The first kappa shape index (κ1) is 10.2. The summed E-state index contributed by atoms with van der Waals surface area (Å²) < 4.78 is 26.6. The Hall–Kier alpha value is -1.00. The van der Waals surface area contributed by atoms with Gasteiger partial charge in [-0.15, -0.1) is 0 Å². The summed E-state index contributed by atoms with van der Waals surface area (Å²) in [7, 11) is 0. The molecule has 0 unspecified atom stereocenters. The topological polar surface area (TPSA) is 0 Å². The molecule has 1 aliphatic heterocycles. The van der Waals surface area contributed by atoms with Crippen molar-refractivity contribution in [2.24, 2.45) is 0 Å². The number of rotatable bonds is 0. The molecule has 0 atom stereocenters. The van der Waals surface area contributed by atoms with Crippen LogP contribution in [0.1, 0.15) is 0 Å². The molecule has 0 bridgehead atoms. The van der Waals surface area contributed by atoms with E-state index in [1.165, 1.54) is 41.7 Å². The highest BCUT2D eigenvalue weighted by molar-refractivity contribution is 8.05. The first-order valence-electron chi connectivity index (χ1n) is 4.68. The summed E-state index contributed by atoms with van der Waals surface area (Å²) in [5.74, 6) is -0.475. The minimum absolute atomic E-state index is 0.218.